The van der Waals surface area contributed by atoms with Crippen LogP contribution in [-0.4, -0.2) is 37.7 Å². The van der Waals surface area contributed by atoms with Gasteiger partial charge in [0.15, 0.2) is 0 Å². The second-order valence-corrected chi connectivity index (χ2v) is 7.89. The highest BCUT2D eigenvalue weighted by Crippen LogP contribution is 2.27. The minimum atomic E-state index is -0.362. The standard InChI is InChI=1S/C24H28N2O4/c1-2-17-5-9-20(10-6-17)26-15-18(14-23(26)27)24(28)25-19-7-11-21(12-8-19)30-16-22-4-3-13-29-22/h5-12,18,22H,2-4,13-16H2,1H3,(H,25,28). The fourth-order valence-electron chi connectivity index (χ4n) is 3.89. The second kappa shape index (κ2) is 9.30. The van der Waals surface area contributed by atoms with E-state index < -0.39 is 0 Å². The molecule has 158 valence electrons. The average Bonchev–Trinajstić information content (AvgIpc) is 3.43. The maximum atomic E-state index is 12.7. The summed E-state index contributed by atoms with van der Waals surface area (Å²) < 4.78 is 11.3. The van der Waals surface area contributed by atoms with Gasteiger partial charge in [-0.25, -0.2) is 0 Å². The lowest BCUT2D eigenvalue weighted by atomic mass is 10.1. The first-order valence-corrected chi connectivity index (χ1v) is 10.7. The number of ether oxygens (including phenoxy) is 2. The van der Waals surface area contributed by atoms with Crippen LogP contribution < -0.4 is 15.0 Å². The normalized spacial score (nSPS) is 21.1. The monoisotopic (exact) mass is 408 g/mol. The van der Waals surface area contributed by atoms with E-state index in [0.29, 0.717) is 18.8 Å². The fraction of sp³-hybridized carbons (Fsp3) is 0.417. The third kappa shape index (κ3) is 4.82. The lowest BCUT2D eigenvalue weighted by Crippen LogP contribution is -2.28. The van der Waals surface area contributed by atoms with Crippen LogP contribution in [0.2, 0.25) is 0 Å². The maximum absolute atomic E-state index is 12.7. The highest BCUT2D eigenvalue weighted by Gasteiger charge is 2.35. The number of amides is 2. The number of benzene rings is 2. The number of nitrogens with zero attached hydrogens (tertiary/aromatic N) is 1. The van der Waals surface area contributed by atoms with E-state index in [0.717, 1.165) is 37.3 Å². The Morgan fingerprint density at radius 3 is 2.60 bits per heavy atom. The van der Waals surface area contributed by atoms with E-state index in [-0.39, 0.29) is 30.3 Å². The van der Waals surface area contributed by atoms with Crippen LogP contribution in [0.5, 0.6) is 5.75 Å². The SMILES string of the molecule is CCc1ccc(N2CC(C(=O)Nc3ccc(OCC4CCCO4)cc3)CC2=O)cc1. The van der Waals surface area contributed by atoms with Crippen LogP contribution in [0.3, 0.4) is 0 Å². The van der Waals surface area contributed by atoms with Crippen molar-refractivity contribution >= 4 is 23.2 Å². The molecule has 2 unspecified atom stereocenters. The summed E-state index contributed by atoms with van der Waals surface area (Å²) in [5, 5.41) is 2.92. The molecule has 0 aromatic heterocycles. The van der Waals surface area contributed by atoms with E-state index in [2.05, 4.69) is 12.2 Å². The Morgan fingerprint density at radius 2 is 1.93 bits per heavy atom. The molecule has 30 heavy (non-hydrogen) atoms. The zero-order valence-corrected chi connectivity index (χ0v) is 17.3. The van der Waals surface area contributed by atoms with E-state index in [1.54, 1.807) is 4.90 Å². The number of nitrogens with one attached hydrogen (secondary N) is 1. The van der Waals surface area contributed by atoms with Crippen molar-refractivity contribution in [2.75, 3.05) is 30.0 Å². The van der Waals surface area contributed by atoms with Gasteiger partial charge in [0.1, 0.15) is 12.4 Å². The van der Waals surface area contributed by atoms with Crippen molar-refractivity contribution in [3.63, 3.8) is 0 Å². The molecule has 6 heteroatoms. The maximum Gasteiger partial charge on any atom is 0.229 e. The highest BCUT2D eigenvalue weighted by atomic mass is 16.5. The molecule has 4 rings (SSSR count). The summed E-state index contributed by atoms with van der Waals surface area (Å²) in [7, 11) is 0. The quantitative estimate of drug-likeness (QED) is 0.757. The van der Waals surface area contributed by atoms with Gasteiger partial charge in [-0.2, -0.15) is 0 Å². The summed E-state index contributed by atoms with van der Waals surface area (Å²) in [6.07, 6.45) is 3.48. The number of hydrogen-bond acceptors (Lipinski definition) is 4. The summed E-state index contributed by atoms with van der Waals surface area (Å²) in [6.45, 7) is 3.85. The van der Waals surface area contributed by atoms with E-state index in [9.17, 15) is 9.59 Å². The molecule has 2 saturated heterocycles. The zero-order valence-electron chi connectivity index (χ0n) is 17.3. The molecule has 2 aromatic rings. The molecule has 2 aliphatic heterocycles. The van der Waals surface area contributed by atoms with E-state index in [4.69, 9.17) is 9.47 Å². The van der Waals surface area contributed by atoms with Crippen molar-refractivity contribution in [2.45, 2.75) is 38.7 Å². The van der Waals surface area contributed by atoms with E-state index in [1.807, 2.05) is 48.5 Å². The second-order valence-electron chi connectivity index (χ2n) is 7.89. The number of anilines is 2. The third-order valence-corrected chi connectivity index (χ3v) is 5.73. The molecule has 2 atom stereocenters. The van der Waals surface area contributed by atoms with Crippen LogP contribution in [0, 0.1) is 5.92 Å². The van der Waals surface area contributed by atoms with Gasteiger partial charge in [0, 0.05) is 30.9 Å². The van der Waals surface area contributed by atoms with Gasteiger partial charge >= 0.3 is 0 Å². The molecule has 0 saturated carbocycles. The first-order chi connectivity index (χ1) is 14.6. The van der Waals surface area contributed by atoms with Gasteiger partial charge in [0.05, 0.1) is 12.0 Å². The minimum Gasteiger partial charge on any atom is -0.491 e. The zero-order chi connectivity index (χ0) is 20.9. The molecule has 2 amide bonds. The third-order valence-electron chi connectivity index (χ3n) is 5.73. The Kier molecular flexibility index (Phi) is 6.33. The predicted molar refractivity (Wildman–Crippen MR) is 116 cm³/mol. The summed E-state index contributed by atoms with van der Waals surface area (Å²) in [5.41, 5.74) is 2.77. The molecule has 2 heterocycles. The summed E-state index contributed by atoms with van der Waals surface area (Å²) in [6, 6.07) is 15.3. The summed E-state index contributed by atoms with van der Waals surface area (Å²) >= 11 is 0. The van der Waals surface area contributed by atoms with Crippen molar-refractivity contribution in [1.29, 1.82) is 0 Å². The molecule has 2 aromatic carbocycles. The molecule has 6 nitrogen and oxygen atoms in total. The van der Waals surface area contributed by atoms with Crippen molar-refractivity contribution in [3.05, 3.63) is 54.1 Å². The van der Waals surface area contributed by atoms with Crippen LogP contribution in [0.1, 0.15) is 31.7 Å². The van der Waals surface area contributed by atoms with Gasteiger partial charge in [0.2, 0.25) is 11.8 Å². The largest absolute Gasteiger partial charge is 0.491 e. The molecule has 0 aliphatic carbocycles. The molecule has 0 bridgehead atoms. The van der Waals surface area contributed by atoms with Crippen LogP contribution >= 0.6 is 0 Å². The predicted octanol–water partition coefficient (Wildman–Crippen LogP) is 3.80. The average molecular weight is 408 g/mol. The highest BCUT2D eigenvalue weighted by molar-refractivity contribution is 6.03. The molecule has 1 N–H and O–H groups in total. The van der Waals surface area contributed by atoms with Crippen LogP contribution in [0.15, 0.2) is 48.5 Å². The minimum absolute atomic E-state index is 0.0164. The van der Waals surface area contributed by atoms with Crippen molar-refractivity contribution in [2.24, 2.45) is 5.92 Å². The van der Waals surface area contributed by atoms with E-state index >= 15 is 0 Å². The Hall–Kier alpha value is -2.86. The van der Waals surface area contributed by atoms with Gasteiger partial charge in [-0.05, 0) is 61.2 Å². The lowest BCUT2D eigenvalue weighted by molar-refractivity contribution is -0.122. The topological polar surface area (TPSA) is 67.9 Å². The van der Waals surface area contributed by atoms with Gasteiger partial charge in [-0.1, -0.05) is 19.1 Å². The Morgan fingerprint density at radius 1 is 1.17 bits per heavy atom. The lowest BCUT2D eigenvalue weighted by Gasteiger charge is -2.17. The number of hydrogen-bond donors (Lipinski definition) is 1. The first-order valence-electron chi connectivity index (χ1n) is 10.7. The summed E-state index contributed by atoms with van der Waals surface area (Å²) in [4.78, 5) is 26.8. The van der Waals surface area contributed by atoms with Gasteiger partial charge in [0.25, 0.3) is 0 Å². The van der Waals surface area contributed by atoms with Gasteiger partial charge < -0.3 is 19.7 Å². The Labute approximate surface area is 177 Å². The molecular formula is C24H28N2O4. The molecule has 2 fully saturated rings. The first kappa shape index (κ1) is 20.4. The Bertz CT molecular complexity index is 873. The van der Waals surface area contributed by atoms with Crippen molar-refractivity contribution in [3.8, 4) is 5.75 Å². The Balaban J connectivity index is 1.30. The number of carbonyl (C=O) groups excluding carboxylic acids is 2. The number of aryl methyl sites for hydroxylation is 1. The van der Waals surface area contributed by atoms with E-state index in [1.165, 1.54) is 5.56 Å². The number of carbonyl (C=O) groups is 2. The molecule has 0 radical (unpaired) electrons. The number of rotatable bonds is 7. The van der Waals surface area contributed by atoms with Crippen molar-refractivity contribution < 1.29 is 19.1 Å². The van der Waals surface area contributed by atoms with Crippen LogP contribution in [-0.2, 0) is 20.7 Å². The fourth-order valence-corrected chi connectivity index (χ4v) is 3.89. The van der Waals surface area contributed by atoms with Crippen LogP contribution in [0.25, 0.3) is 0 Å². The van der Waals surface area contributed by atoms with Gasteiger partial charge in [-0.15, -0.1) is 0 Å². The molecule has 2 aliphatic rings. The van der Waals surface area contributed by atoms with Crippen molar-refractivity contribution in [1.82, 2.24) is 0 Å². The van der Waals surface area contributed by atoms with Crippen LogP contribution in [0.4, 0.5) is 11.4 Å². The van der Waals surface area contributed by atoms with Gasteiger partial charge in [-0.3, -0.25) is 9.59 Å². The summed E-state index contributed by atoms with van der Waals surface area (Å²) in [5.74, 6) is 0.237. The smallest absolute Gasteiger partial charge is 0.229 e. The molecule has 0 spiro atoms. The molecular weight excluding hydrogens is 380 g/mol.